The van der Waals surface area contributed by atoms with Crippen LogP contribution in [0.2, 0.25) is 0 Å². The summed E-state index contributed by atoms with van der Waals surface area (Å²) >= 11 is 0. The summed E-state index contributed by atoms with van der Waals surface area (Å²) in [6.45, 7) is 0. The standard InChI is InChI=1S/C8H9NO.C7H6O2.Zn/c1-9-6-7-4-2-3-5-8(7)10;8-5-6-3-1-2-4-7(6)9;/h2-6,10H,1H3;1-5,9H;. The number of rotatable bonds is 2. The van der Waals surface area contributed by atoms with E-state index in [1.165, 1.54) is 6.07 Å². The minimum atomic E-state index is 0. The van der Waals surface area contributed by atoms with Crippen molar-refractivity contribution in [1.29, 1.82) is 0 Å². The normalized spacial score (nSPS) is 9.25. The van der Waals surface area contributed by atoms with Gasteiger partial charge in [0.15, 0.2) is 6.29 Å². The van der Waals surface area contributed by atoms with E-state index in [-0.39, 0.29) is 31.0 Å². The predicted molar refractivity (Wildman–Crippen MR) is 75.1 cm³/mol. The van der Waals surface area contributed by atoms with E-state index in [1.807, 2.05) is 12.1 Å². The van der Waals surface area contributed by atoms with Gasteiger partial charge in [0.1, 0.15) is 11.5 Å². The van der Waals surface area contributed by atoms with E-state index >= 15 is 0 Å². The van der Waals surface area contributed by atoms with E-state index in [1.54, 1.807) is 43.6 Å². The molecule has 0 heterocycles. The monoisotopic (exact) mass is 321 g/mol. The summed E-state index contributed by atoms with van der Waals surface area (Å²) < 4.78 is 0. The summed E-state index contributed by atoms with van der Waals surface area (Å²) in [6.07, 6.45) is 2.24. The van der Waals surface area contributed by atoms with Gasteiger partial charge in [0.25, 0.3) is 0 Å². The van der Waals surface area contributed by atoms with Crippen molar-refractivity contribution in [1.82, 2.24) is 0 Å². The Kier molecular flexibility index (Phi) is 8.89. The maximum atomic E-state index is 10.1. The number of aromatic hydroxyl groups is 2. The second-order valence-electron chi connectivity index (χ2n) is 3.62. The molecule has 0 amide bonds. The van der Waals surface area contributed by atoms with Gasteiger partial charge >= 0.3 is 0 Å². The molecule has 0 aliphatic carbocycles. The average Bonchev–Trinajstić information content (AvgIpc) is 2.43. The fourth-order valence-electron chi connectivity index (χ4n) is 1.32. The van der Waals surface area contributed by atoms with Gasteiger partial charge in [-0.2, -0.15) is 0 Å². The largest absolute Gasteiger partial charge is 0.507 e. The van der Waals surface area contributed by atoms with Crippen LogP contribution < -0.4 is 0 Å². The number of aldehydes is 1. The van der Waals surface area contributed by atoms with Gasteiger partial charge < -0.3 is 10.2 Å². The summed E-state index contributed by atoms with van der Waals surface area (Å²) in [7, 11) is 1.67. The second kappa shape index (κ2) is 9.87. The maximum absolute atomic E-state index is 10.1. The Morgan fingerprint density at radius 2 is 1.35 bits per heavy atom. The maximum Gasteiger partial charge on any atom is 0.153 e. The van der Waals surface area contributed by atoms with Gasteiger partial charge in [0.2, 0.25) is 0 Å². The topological polar surface area (TPSA) is 69.9 Å². The predicted octanol–water partition coefficient (Wildman–Crippen LogP) is 2.64. The van der Waals surface area contributed by atoms with Crippen molar-refractivity contribution in [2.24, 2.45) is 4.99 Å². The smallest absolute Gasteiger partial charge is 0.153 e. The Balaban J connectivity index is 0.000000345. The minimum absolute atomic E-state index is 0. The first kappa shape index (κ1) is 18.0. The SMILES string of the molecule is CN=Cc1ccccc1O.O=Cc1ccccc1O.[Zn]. The summed E-state index contributed by atoms with van der Waals surface area (Å²) in [5, 5.41) is 18.0. The summed E-state index contributed by atoms with van der Waals surface area (Å²) in [5.41, 5.74) is 1.09. The molecular formula is C15H15NO3Zn. The number of hydrogen-bond acceptors (Lipinski definition) is 4. The zero-order valence-corrected chi connectivity index (χ0v) is 14.2. The van der Waals surface area contributed by atoms with E-state index in [0.717, 1.165) is 5.56 Å². The van der Waals surface area contributed by atoms with Crippen molar-refractivity contribution in [3.8, 4) is 11.5 Å². The third-order valence-corrected chi connectivity index (χ3v) is 2.27. The molecule has 0 radical (unpaired) electrons. The first-order valence-electron chi connectivity index (χ1n) is 5.62. The zero-order chi connectivity index (χ0) is 14.1. The fourth-order valence-corrected chi connectivity index (χ4v) is 1.32. The van der Waals surface area contributed by atoms with Crippen LogP contribution in [-0.2, 0) is 19.5 Å². The number of para-hydroxylation sites is 2. The van der Waals surface area contributed by atoms with Gasteiger partial charge in [-0.1, -0.05) is 24.3 Å². The van der Waals surface area contributed by atoms with Gasteiger partial charge in [-0.25, -0.2) is 0 Å². The molecule has 0 bridgehead atoms. The molecule has 0 atom stereocenters. The molecule has 5 heteroatoms. The van der Waals surface area contributed by atoms with E-state index < -0.39 is 0 Å². The van der Waals surface area contributed by atoms with E-state index in [0.29, 0.717) is 11.8 Å². The molecule has 0 spiro atoms. The number of aliphatic imine (C=N–C) groups is 1. The molecule has 2 aromatic rings. The first-order chi connectivity index (χ1) is 9.19. The van der Waals surface area contributed by atoms with Crippen molar-refractivity contribution in [2.75, 3.05) is 7.05 Å². The second-order valence-corrected chi connectivity index (χ2v) is 3.62. The van der Waals surface area contributed by atoms with Crippen molar-refractivity contribution in [3.63, 3.8) is 0 Å². The molecule has 2 N–H and O–H groups in total. The molecule has 0 aliphatic rings. The molecule has 2 rings (SSSR count). The van der Waals surface area contributed by atoms with Crippen LogP contribution in [0.1, 0.15) is 15.9 Å². The number of phenolic OH excluding ortho intramolecular Hbond substituents is 2. The van der Waals surface area contributed by atoms with Crippen molar-refractivity contribution >= 4 is 12.5 Å². The summed E-state index contributed by atoms with van der Waals surface area (Å²) in [4.78, 5) is 13.8. The average molecular weight is 323 g/mol. The molecule has 0 saturated heterocycles. The number of phenols is 2. The van der Waals surface area contributed by atoms with Crippen molar-refractivity contribution in [3.05, 3.63) is 59.7 Å². The van der Waals surface area contributed by atoms with Crippen LogP contribution in [0.25, 0.3) is 0 Å². The third-order valence-electron chi connectivity index (χ3n) is 2.27. The van der Waals surface area contributed by atoms with E-state index in [2.05, 4.69) is 4.99 Å². The number of carbonyl (C=O) groups is 1. The number of hydrogen-bond donors (Lipinski definition) is 2. The van der Waals surface area contributed by atoms with Crippen molar-refractivity contribution < 1.29 is 34.5 Å². The van der Waals surface area contributed by atoms with Crippen LogP contribution >= 0.6 is 0 Å². The Morgan fingerprint density at radius 1 is 0.900 bits per heavy atom. The van der Waals surface area contributed by atoms with Crippen LogP contribution in [0, 0.1) is 0 Å². The van der Waals surface area contributed by atoms with Gasteiger partial charge in [-0.15, -0.1) is 0 Å². The molecule has 4 nitrogen and oxygen atoms in total. The molecular weight excluding hydrogens is 308 g/mol. The molecule has 0 unspecified atom stereocenters. The quantitative estimate of drug-likeness (QED) is 0.507. The number of nitrogens with zero attached hydrogens (tertiary/aromatic N) is 1. The Labute approximate surface area is 130 Å². The van der Waals surface area contributed by atoms with E-state index in [4.69, 9.17) is 10.2 Å². The van der Waals surface area contributed by atoms with Crippen LogP contribution in [-0.4, -0.2) is 29.8 Å². The van der Waals surface area contributed by atoms with Crippen LogP contribution in [0.4, 0.5) is 0 Å². The Morgan fingerprint density at radius 3 is 1.70 bits per heavy atom. The van der Waals surface area contributed by atoms with Gasteiger partial charge in [0, 0.05) is 38.3 Å². The molecule has 0 aromatic heterocycles. The zero-order valence-electron chi connectivity index (χ0n) is 11.2. The van der Waals surface area contributed by atoms with Gasteiger partial charge in [-0.05, 0) is 24.3 Å². The van der Waals surface area contributed by atoms with Crippen LogP contribution in [0.3, 0.4) is 0 Å². The molecule has 20 heavy (non-hydrogen) atoms. The minimum Gasteiger partial charge on any atom is -0.507 e. The molecule has 2 aromatic carbocycles. The molecule has 0 aliphatic heterocycles. The Hall–Kier alpha value is -2.00. The first-order valence-corrected chi connectivity index (χ1v) is 5.62. The molecule has 100 valence electrons. The van der Waals surface area contributed by atoms with Crippen LogP contribution in [0.5, 0.6) is 11.5 Å². The number of carbonyl (C=O) groups excluding carboxylic acids is 1. The van der Waals surface area contributed by atoms with Gasteiger partial charge in [0.05, 0.1) is 5.56 Å². The molecule has 0 saturated carbocycles. The van der Waals surface area contributed by atoms with Crippen molar-refractivity contribution in [2.45, 2.75) is 0 Å². The third kappa shape index (κ3) is 5.76. The Bertz CT molecular complexity index is 571. The molecule has 0 fully saturated rings. The summed E-state index contributed by atoms with van der Waals surface area (Å²) in [5.74, 6) is 0.306. The number of benzene rings is 2. The summed E-state index contributed by atoms with van der Waals surface area (Å²) in [6, 6.07) is 13.5. The fraction of sp³-hybridized carbons (Fsp3) is 0.0667. The van der Waals surface area contributed by atoms with E-state index in [9.17, 15) is 4.79 Å². The van der Waals surface area contributed by atoms with Crippen LogP contribution in [0.15, 0.2) is 53.5 Å². The van der Waals surface area contributed by atoms with Gasteiger partial charge in [-0.3, -0.25) is 9.79 Å².